The van der Waals surface area contributed by atoms with Crippen molar-refractivity contribution in [1.82, 2.24) is 19.7 Å². The highest BCUT2D eigenvalue weighted by Crippen LogP contribution is 2.23. The molecular weight excluding hydrogens is 400 g/mol. The number of nitrogens with one attached hydrogen (secondary N) is 2. The Hall–Kier alpha value is -3.20. The highest BCUT2D eigenvalue weighted by atomic mass is 32.2. The number of benzene rings is 1. The van der Waals surface area contributed by atoms with Gasteiger partial charge in [-0.1, -0.05) is 17.8 Å². The maximum absolute atomic E-state index is 12.4. The van der Waals surface area contributed by atoms with Crippen molar-refractivity contribution >= 4 is 35.0 Å². The van der Waals surface area contributed by atoms with Crippen LogP contribution in [0.15, 0.2) is 47.9 Å². The van der Waals surface area contributed by atoms with E-state index in [4.69, 9.17) is 0 Å². The van der Waals surface area contributed by atoms with Gasteiger partial charge in [0.2, 0.25) is 11.8 Å². The van der Waals surface area contributed by atoms with Crippen molar-refractivity contribution in [3.8, 4) is 0 Å². The average Bonchev–Trinajstić information content (AvgIpc) is 3.05. The third-order valence-electron chi connectivity index (χ3n) is 4.61. The fourth-order valence-electron chi connectivity index (χ4n) is 2.66. The van der Waals surface area contributed by atoms with Crippen molar-refractivity contribution in [3.05, 3.63) is 59.7 Å². The molecule has 2 aromatic heterocycles. The van der Waals surface area contributed by atoms with Gasteiger partial charge in [-0.2, -0.15) is 0 Å². The van der Waals surface area contributed by atoms with E-state index in [0.717, 1.165) is 11.3 Å². The van der Waals surface area contributed by atoms with E-state index in [1.165, 1.54) is 17.3 Å². The lowest BCUT2D eigenvalue weighted by Gasteiger charge is -2.11. The monoisotopic (exact) mass is 424 g/mol. The molecule has 0 bridgehead atoms. The van der Waals surface area contributed by atoms with Gasteiger partial charge in [-0.25, -0.2) is 0 Å². The topological polar surface area (TPSA) is 102 Å². The van der Waals surface area contributed by atoms with E-state index in [1.54, 1.807) is 43.1 Å². The molecule has 0 aliphatic rings. The molecular formula is C21H24N6O2S. The molecule has 8 nitrogen and oxygen atoms in total. The lowest BCUT2D eigenvalue weighted by atomic mass is 10.1. The highest BCUT2D eigenvalue weighted by Gasteiger charge is 2.20. The minimum absolute atomic E-state index is 0.0905. The van der Waals surface area contributed by atoms with Crippen LogP contribution in [0.4, 0.5) is 11.4 Å². The molecule has 0 fully saturated rings. The van der Waals surface area contributed by atoms with Crippen LogP contribution in [0.2, 0.25) is 0 Å². The fourth-order valence-corrected chi connectivity index (χ4v) is 3.50. The third kappa shape index (κ3) is 5.44. The van der Waals surface area contributed by atoms with Crippen LogP contribution in [-0.2, 0) is 23.1 Å². The number of rotatable bonds is 7. The number of amides is 2. The second-order valence-corrected chi connectivity index (χ2v) is 8.28. The largest absolute Gasteiger partial charge is 0.326 e. The van der Waals surface area contributed by atoms with Crippen LogP contribution < -0.4 is 10.6 Å². The summed E-state index contributed by atoms with van der Waals surface area (Å²) >= 11 is 1.28. The Kier molecular flexibility index (Phi) is 6.83. The van der Waals surface area contributed by atoms with Gasteiger partial charge in [-0.15, -0.1) is 10.2 Å². The Morgan fingerprint density at radius 1 is 1.10 bits per heavy atom. The summed E-state index contributed by atoms with van der Waals surface area (Å²) in [6.07, 6.45) is 3.32. The first-order valence-electron chi connectivity index (χ1n) is 9.46. The second kappa shape index (κ2) is 9.53. The Labute approximate surface area is 179 Å². The van der Waals surface area contributed by atoms with Crippen molar-refractivity contribution < 1.29 is 9.59 Å². The molecule has 0 aliphatic heterocycles. The van der Waals surface area contributed by atoms with Gasteiger partial charge in [-0.3, -0.25) is 14.6 Å². The van der Waals surface area contributed by atoms with E-state index in [9.17, 15) is 9.59 Å². The number of carbonyl (C=O) groups is 2. The smallest absolute Gasteiger partial charge is 0.237 e. The zero-order valence-electron chi connectivity index (χ0n) is 17.3. The molecule has 9 heteroatoms. The first-order chi connectivity index (χ1) is 14.3. The minimum atomic E-state index is -0.398. The molecule has 2 heterocycles. The maximum Gasteiger partial charge on any atom is 0.237 e. The predicted molar refractivity (Wildman–Crippen MR) is 117 cm³/mol. The Balaban J connectivity index is 1.58. The first kappa shape index (κ1) is 21.5. The van der Waals surface area contributed by atoms with Gasteiger partial charge in [0.15, 0.2) is 5.16 Å². The molecule has 0 saturated heterocycles. The molecule has 1 atom stereocenters. The molecule has 3 aromatic rings. The Morgan fingerprint density at radius 3 is 2.60 bits per heavy atom. The van der Waals surface area contributed by atoms with Crippen molar-refractivity contribution in [2.45, 2.75) is 37.6 Å². The third-order valence-corrected chi connectivity index (χ3v) is 5.75. The molecule has 30 heavy (non-hydrogen) atoms. The van der Waals surface area contributed by atoms with E-state index < -0.39 is 5.25 Å². The average molecular weight is 425 g/mol. The molecule has 3 rings (SSSR count). The van der Waals surface area contributed by atoms with Crippen LogP contribution in [0.25, 0.3) is 0 Å². The lowest BCUT2D eigenvalue weighted by molar-refractivity contribution is -0.116. The second-order valence-electron chi connectivity index (χ2n) is 6.97. The summed E-state index contributed by atoms with van der Waals surface area (Å²) in [4.78, 5) is 28.8. The molecule has 2 amide bonds. The fraction of sp³-hybridized carbons (Fsp3) is 0.286. The molecule has 0 saturated carbocycles. The Morgan fingerprint density at radius 2 is 1.90 bits per heavy atom. The van der Waals surface area contributed by atoms with Gasteiger partial charge >= 0.3 is 0 Å². The maximum atomic E-state index is 12.4. The van der Waals surface area contributed by atoms with Crippen LogP contribution >= 0.6 is 11.8 Å². The van der Waals surface area contributed by atoms with Crippen molar-refractivity contribution in [2.75, 3.05) is 10.6 Å². The lowest BCUT2D eigenvalue weighted by Crippen LogP contribution is -2.23. The molecule has 156 valence electrons. The van der Waals surface area contributed by atoms with Crippen LogP contribution in [0.3, 0.4) is 0 Å². The number of nitrogens with zero attached hydrogens (tertiary/aromatic N) is 4. The van der Waals surface area contributed by atoms with Gasteiger partial charge < -0.3 is 15.2 Å². The van der Waals surface area contributed by atoms with Gasteiger partial charge in [0.1, 0.15) is 5.82 Å². The van der Waals surface area contributed by atoms with Crippen LogP contribution in [0.1, 0.15) is 23.9 Å². The summed E-state index contributed by atoms with van der Waals surface area (Å²) < 4.78 is 1.73. The zero-order chi connectivity index (χ0) is 21.7. The number of hydrogen-bond acceptors (Lipinski definition) is 6. The number of anilines is 2. The van der Waals surface area contributed by atoms with E-state index in [0.29, 0.717) is 16.7 Å². The summed E-state index contributed by atoms with van der Waals surface area (Å²) in [5.74, 6) is 0.191. The number of aryl methyl sites for hydroxylation is 2. The number of thioether (sulfide) groups is 1. The SMILES string of the molecule is Cc1ccc(NC(=O)Cc2nnc(S[C@H](C)C(=O)Nc3cccnc3)n2C)cc1C. The van der Waals surface area contributed by atoms with Gasteiger partial charge in [-0.05, 0) is 56.2 Å². The molecule has 0 unspecified atom stereocenters. The van der Waals surface area contributed by atoms with Crippen molar-refractivity contribution in [3.63, 3.8) is 0 Å². The summed E-state index contributed by atoms with van der Waals surface area (Å²) in [5, 5.41) is 14.1. The minimum Gasteiger partial charge on any atom is -0.326 e. The van der Waals surface area contributed by atoms with Crippen molar-refractivity contribution in [1.29, 1.82) is 0 Å². The van der Waals surface area contributed by atoms with Gasteiger partial charge in [0, 0.05) is 18.9 Å². The summed E-state index contributed by atoms with van der Waals surface area (Å²) in [6.45, 7) is 5.82. The molecule has 2 N–H and O–H groups in total. The molecule has 0 spiro atoms. The highest BCUT2D eigenvalue weighted by molar-refractivity contribution is 8.00. The zero-order valence-corrected chi connectivity index (χ0v) is 18.2. The molecule has 0 radical (unpaired) electrons. The Bertz CT molecular complexity index is 1050. The van der Waals surface area contributed by atoms with Crippen molar-refractivity contribution in [2.24, 2.45) is 7.05 Å². The first-order valence-corrected chi connectivity index (χ1v) is 10.3. The quantitative estimate of drug-likeness (QED) is 0.565. The standard InChI is InChI=1S/C21H24N6O2S/c1-13-7-8-16(10-14(13)2)23-19(28)11-18-25-26-21(27(18)4)30-15(3)20(29)24-17-6-5-9-22-12-17/h5-10,12,15H,11H2,1-4H3,(H,23,28)(H,24,29)/t15-/m1/s1. The van der Waals surface area contributed by atoms with Crippen LogP contribution in [0, 0.1) is 13.8 Å². The summed E-state index contributed by atoms with van der Waals surface area (Å²) in [5.41, 5.74) is 3.67. The number of aromatic nitrogens is 4. The van der Waals surface area contributed by atoms with E-state index in [2.05, 4.69) is 25.8 Å². The van der Waals surface area contributed by atoms with Gasteiger partial charge in [0.05, 0.1) is 23.6 Å². The van der Waals surface area contributed by atoms with Crippen LogP contribution in [0.5, 0.6) is 0 Å². The molecule has 0 aliphatic carbocycles. The van der Waals surface area contributed by atoms with Crippen LogP contribution in [-0.4, -0.2) is 36.8 Å². The van der Waals surface area contributed by atoms with E-state index >= 15 is 0 Å². The van der Waals surface area contributed by atoms with E-state index in [1.807, 2.05) is 32.0 Å². The summed E-state index contributed by atoms with van der Waals surface area (Å²) in [7, 11) is 1.78. The normalized spacial score (nSPS) is 11.7. The van der Waals surface area contributed by atoms with E-state index in [-0.39, 0.29) is 18.2 Å². The number of carbonyl (C=O) groups excluding carboxylic acids is 2. The number of pyridine rings is 1. The van der Waals surface area contributed by atoms with Gasteiger partial charge in [0.25, 0.3) is 0 Å². The predicted octanol–water partition coefficient (Wildman–Crippen LogP) is 3.13. The summed E-state index contributed by atoms with van der Waals surface area (Å²) in [6, 6.07) is 9.32. The molecule has 1 aromatic carbocycles. The number of hydrogen-bond donors (Lipinski definition) is 2.